The molecule has 5 heteroatoms. The molecule has 0 amide bonds. The van der Waals surface area contributed by atoms with Crippen molar-refractivity contribution in [2.45, 2.75) is 19.1 Å². The van der Waals surface area contributed by atoms with Crippen LogP contribution in [0.5, 0.6) is 5.75 Å². The number of hydrogen-bond donors (Lipinski definition) is 1. The van der Waals surface area contributed by atoms with E-state index in [-0.39, 0.29) is 12.6 Å². The highest BCUT2D eigenvalue weighted by atomic mass is 35.5. The van der Waals surface area contributed by atoms with Crippen molar-refractivity contribution in [3.05, 3.63) is 59.4 Å². The lowest BCUT2D eigenvalue weighted by Gasteiger charge is -2.26. The number of pyridine rings is 1. The first-order chi connectivity index (χ1) is 10.6. The second-order valence-electron chi connectivity index (χ2n) is 5.29. The van der Waals surface area contributed by atoms with Gasteiger partial charge < -0.3 is 9.84 Å². The predicted molar refractivity (Wildman–Crippen MR) is 88.2 cm³/mol. The Bertz CT molecular complexity index is 563. The molecule has 0 aliphatic heterocycles. The van der Waals surface area contributed by atoms with Crippen molar-refractivity contribution in [3.63, 3.8) is 0 Å². The third-order valence-electron chi connectivity index (χ3n) is 3.53. The third kappa shape index (κ3) is 4.98. The van der Waals surface area contributed by atoms with Crippen LogP contribution in [0.25, 0.3) is 0 Å². The summed E-state index contributed by atoms with van der Waals surface area (Å²) in [4.78, 5) is 6.40. The number of hydrogen-bond acceptors (Lipinski definition) is 4. The summed E-state index contributed by atoms with van der Waals surface area (Å²) in [6.07, 6.45) is 1.20. The number of aromatic nitrogens is 1. The molecule has 0 radical (unpaired) electrons. The van der Waals surface area contributed by atoms with Gasteiger partial charge in [-0.05, 0) is 50.4 Å². The molecule has 2 unspecified atom stereocenters. The lowest BCUT2D eigenvalue weighted by molar-refractivity contribution is 0.0648. The highest BCUT2D eigenvalue weighted by molar-refractivity contribution is 6.30. The number of ether oxygens (including phenoxy) is 1. The summed E-state index contributed by atoms with van der Waals surface area (Å²) in [6, 6.07) is 13.1. The van der Waals surface area contributed by atoms with E-state index in [0.717, 1.165) is 5.69 Å². The van der Waals surface area contributed by atoms with Gasteiger partial charge in [-0.2, -0.15) is 0 Å². The molecule has 1 aromatic heterocycles. The number of aliphatic hydroxyl groups is 1. The SMILES string of the molecule is CC(c1ccccn1)N(C)CC(O)COc1ccc(Cl)cc1. The zero-order chi connectivity index (χ0) is 15.9. The van der Waals surface area contributed by atoms with E-state index in [9.17, 15) is 5.11 Å². The normalized spacial score (nSPS) is 13.9. The van der Waals surface area contributed by atoms with Crippen molar-refractivity contribution in [2.75, 3.05) is 20.2 Å². The monoisotopic (exact) mass is 320 g/mol. The molecule has 0 aliphatic rings. The standard InChI is InChI=1S/C17H21ClN2O2/c1-13(17-5-3-4-10-19-17)20(2)11-15(21)12-22-16-8-6-14(18)7-9-16/h3-10,13,15,21H,11-12H2,1-2H3. The van der Waals surface area contributed by atoms with Crippen LogP contribution in [0.3, 0.4) is 0 Å². The smallest absolute Gasteiger partial charge is 0.119 e. The van der Waals surface area contributed by atoms with Crippen LogP contribution in [0.15, 0.2) is 48.7 Å². The molecular weight excluding hydrogens is 300 g/mol. The molecule has 2 rings (SSSR count). The molecular formula is C17H21ClN2O2. The molecule has 0 fully saturated rings. The first-order valence-electron chi connectivity index (χ1n) is 7.24. The molecule has 2 aromatic rings. The molecule has 0 aliphatic carbocycles. The van der Waals surface area contributed by atoms with Crippen molar-refractivity contribution in [2.24, 2.45) is 0 Å². The van der Waals surface area contributed by atoms with Gasteiger partial charge >= 0.3 is 0 Å². The molecule has 22 heavy (non-hydrogen) atoms. The van der Waals surface area contributed by atoms with E-state index in [0.29, 0.717) is 17.3 Å². The van der Waals surface area contributed by atoms with Crippen LogP contribution in [0.2, 0.25) is 5.02 Å². The van der Waals surface area contributed by atoms with Crippen LogP contribution in [-0.4, -0.2) is 41.3 Å². The van der Waals surface area contributed by atoms with E-state index < -0.39 is 6.10 Å². The summed E-state index contributed by atoms with van der Waals surface area (Å²) in [5.41, 5.74) is 0.982. The Hall–Kier alpha value is -1.62. The summed E-state index contributed by atoms with van der Waals surface area (Å²) < 4.78 is 5.56. The van der Waals surface area contributed by atoms with Gasteiger partial charge in [0.1, 0.15) is 18.5 Å². The molecule has 1 aromatic carbocycles. The predicted octanol–water partition coefficient (Wildman–Crippen LogP) is 3.17. The maximum absolute atomic E-state index is 10.1. The summed E-state index contributed by atoms with van der Waals surface area (Å²) >= 11 is 5.82. The Kier molecular flexibility index (Phi) is 6.19. The Morgan fingerprint density at radius 2 is 1.95 bits per heavy atom. The fourth-order valence-corrected chi connectivity index (χ4v) is 2.24. The van der Waals surface area contributed by atoms with Gasteiger partial charge in [-0.15, -0.1) is 0 Å². The van der Waals surface area contributed by atoms with Crippen LogP contribution in [0.4, 0.5) is 0 Å². The quantitative estimate of drug-likeness (QED) is 0.851. The van der Waals surface area contributed by atoms with Crippen molar-refractivity contribution < 1.29 is 9.84 Å². The fourth-order valence-electron chi connectivity index (χ4n) is 2.12. The topological polar surface area (TPSA) is 45.6 Å². The van der Waals surface area contributed by atoms with Gasteiger partial charge in [0.2, 0.25) is 0 Å². The van der Waals surface area contributed by atoms with Gasteiger partial charge in [-0.1, -0.05) is 17.7 Å². The Morgan fingerprint density at radius 1 is 1.23 bits per heavy atom. The second-order valence-corrected chi connectivity index (χ2v) is 5.73. The summed E-state index contributed by atoms with van der Waals surface area (Å²) in [7, 11) is 1.96. The number of halogens is 1. The maximum atomic E-state index is 10.1. The second kappa shape index (κ2) is 8.13. The number of likely N-dealkylation sites (N-methyl/N-ethyl adjacent to an activating group) is 1. The van der Waals surface area contributed by atoms with Gasteiger partial charge in [0.25, 0.3) is 0 Å². The van der Waals surface area contributed by atoms with E-state index >= 15 is 0 Å². The lowest BCUT2D eigenvalue weighted by Crippen LogP contribution is -2.35. The minimum absolute atomic E-state index is 0.131. The van der Waals surface area contributed by atoms with Gasteiger partial charge in [-0.3, -0.25) is 9.88 Å². The zero-order valence-electron chi connectivity index (χ0n) is 12.8. The lowest BCUT2D eigenvalue weighted by atomic mass is 10.2. The number of aliphatic hydroxyl groups excluding tert-OH is 1. The molecule has 1 N–H and O–H groups in total. The molecule has 0 saturated carbocycles. The summed E-state index contributed by atoms with van der Waals surface area (Å²) in [5.74, 6) is 0.698. The van der Waals surface area contributed by atoms with Crippen LogP contribution in [0, 0.1) is 0 Å². The molecule has 0 saturated heterocycles. The minimum atomic E-state index is -0.577. The maximum Gasteiger partial charge on any atom is 0.119 e. The molecule has 118 valence electrons. The van der Waals surface area contributed by atoms with Crippen molar-refractivity contribution >= 4 is 11.6 Å². The highest BCUT2D eigenvalue weighted by Crippen LogP contribution is 2.17. The highest BCUT2D eigenvalue weighted by Gasteiger charge is 2.16. The van der Waals surface area contributed by atoms with Gasteiger partial charge in [0, 0.05) is 23.8 Å². The minimum Gasteiger partial charge on any atom is -0.491 e. The average Bonchev–Trinajstić information content (AvgIpc) is 2.54. The van der Waals surface area contributed by atoms with Crippen molar-refractivity contribution in [1.29, 1.82) is 0 Å². The molecule has 0 bridgehead atoms. The Morgan fingerprint density at radius 3 is 2.59 bits per heavy atom. The summed E-state index contributed by atoms with van der Waals surface area (Å²) in [6.45, 7) is 2.81. The zero-order valence-corrected chi connectivity index (χ0v) is 13.6. The molecule has 0 spiro atoms. The van der Waals surface area contributed by atoms with Crippen molar-refractivity contribution in [1.82, 2.24) is 9.88 Å². The van der Waals surface area contributed by atoms with Crippen LogP contribution in [-0.2, 0) is 0 Å². The van der Waals surface area contributed by atoms with E-state index in [4.69, 9.17) is 16.3 Å². The van der Waals surface area contributed by atoms with Crippen LogP contribution in [0.1, 0.15) is 18.7 Å². The van der Waals surface area contributed by atoms with Crippen LogP contribution >= 0.6 is 11.6 Å². The Labute approximate surface area is 136 Å². The number of benzene rings is 1. The van der Waals surface area contributed by atoms with Crippen LogP contribution < -0.4 is 4.74 Å². The van der Waals surface area contributed by atoms with Gasteiger partial charge in [-0.25, -0.2) is 0 Å². The number of rotatable bonds is 7. The van der Waals surface area contributed by atoms with Crippen molar-refractivity contribution in [3.8, 4) is 5.75 Å². The average molecular weight is 321 g/mol. The molecule has 1 heterocycles. The first kappa shape index (κ1) is 16.7. The van der Waals surface area contributed by atoms with E-state index in [1.165, 1.54) is 0 Å². The fraction of sp³-hybridized carbons (Fsp3) is 0.353. The largest absolute Gasteiger partial charge is 0.491 e. The molecule has 2 atom stereocenters. The third-order valence-corrected chi connectivity index (χ3v) is 3.78. The van der Waals surface area contributed by atoms with Gasteiger partial charge in [0.15, 0.2) is 0 Å². The first-order valence-corrected chi connectivity index (χ1v) is 7.61. The van der Waals surface area contributed by atoms with Gasteiger partial charge in [0.05, 0.1) is 5.69 Å². The Balaban J connectivity index is 1.81. The van der Waals surface area contributed by atoms with E-state index in [1.807, 2.05) is 25.2 Å². The van der Waals surface area contributed by atoms with E-state index in [2.05, 4.69) is 16.8 Å². The summed E-state index contributed by atoms with van der Waals surface area (Å²) in [5, 5.41) is 10.8. The number of nitrogens with zero attached hydrogens (tertiary/aromatic N) is 2. The van der Waals surface area contributed by atoms with E-state index in [1.54, 1.807) is 30.5 Å². The molecule has 4 nitrogen and oxygen atoms in total.